The lowest BCUT2D eigenvalue weighted by Gasteiger charge is -2.28. The molecule has 0 aliphatic carbocycles. The molecule has 1 unspecified atom stereocenters. The number of hydrogen-bond acceptors (Lipinski definition) is 7. The van der Waals surface area contributed by atoms with E-state index in [1.54, 1.807) is 4.90 Å². The fourth-order valence-electron chi connectivity index (χ4n) is 2.28. The van der Waals surface area contributed by atoms with E-state index in [0.29, 0.717) is 6.54 Å². The average molecular weight is 326 g/mol. The summed E-state index contributed by atoms with van der Waals surface area (Å²) < 4.78 is 20.2. The molecule has 0 aromatic carbocycles. The molecular weight excluding hydrogens is 304 g/mol. The number of carbonyl (C=O) groups excluding carboxylic acids is 2. The van der Waals surface area contributed by atoms with E-state index in [1.807, 2.05) is 20.8 Å². The maximum atomic E-state index is 12.2. The van der Waals surface area contributed by atoms with Crippen molar-refractivity contribution in [1.29, 1.82) is 0 Å². The molecule has 128 valence electrons. The first kappa shape index (κ1) is 17.1. The predicted octanol–water partition coefficient (Wildman–Crippen LogP) is 2.24. The van der Waals surface area contributed by atoms with E-state index in [4.69, 9.17) is 14.0 Å². The van der Waals surface area contributed by atoms with Crippen LogP contribution in [0.15, 0.2) is 10.6 Å². The molecular formula is C15H22N2O6. The van der Waals surface area contributed by atoms with Crippen molar-refractivity contribution in [3.8, 4) is 5.88 Å². The van der Waals surface area contributed by atoms with Gasteiger partial charge in [-0.3, -0.25) is 0 Å². The minimum absolute atomic E-state index is 0.0297. The Hall–Kier alpha value is -2.25. The summed E-state index contributed by atoms with van der Waals surface area (Å²) in [5.74, 6) is -0.469. The zero-order valence-corrected chi connectivity index (χ0v) is 13.8. The summed E-state index contributed by atoms with van der Waals surface area (Å²) in [6.45, 7) is 6.38. The number of nitrogens with zero attached hydrogens (tertiary/aromatic N) is 2. The first-order chi connectivity index (χ1) is 10.8. The van der Waals surface area contributed by atoms with Gasteiger partial charge >= 0.3 is 12.1 Å². The average Bonchev–Trinajstić information content (AvgIpc) is 3.11. The molecule has 2 heterocycles. The van der Waals surface area contributed by atoms with Gasteiger partial charge in [0.05, 0.1) is 19.2 Å². The molecule has 23 heavy (non-hydrogen) atoms. The van der Waals surface area contributed by atoms with E-state index in [1.165, 1.54) is 13.2 Å². The molecule has 0 saturated carbocycles. The molecule has 1 aromatic rings. The lowest BCUT2D eigenvalue weighted by Crippen LogP contribution is -2.42. The highest BCUT2D eigenvalue weighted by molar-refractivity contribution is 5.86. The van der Waals surface area contributed by atoms with Crippen molar-refractivity contribution < 1.29 is 28.3 Å². The minimum atomic E-state index is -0.622. The minimum Gasteiger partial charge on any atom is -0.473 e. The van der Waals surface area contributed by atoms with Crippen molar-refractivity contribution in [2.75, 3.05) is 20.3 Å². The number of hydrogen-bond donors (Lipinski definition) is 0. The van der Waals surface area contributed by atoms with Crippen LogP contribution in [0.25, 0.3) is 0 Å². The van der Waals surface area contributed by atoms with Crippen LogP contribution in [-0.2, 0) is 9.47 Å². The van der Waals surface area contributed by atoms with Gasteiger partial charge in [0, 0.05) is 6.54 Å². The lowest BCUT2D eigenvalue weighted by molar-refractivity contribution is 0.0184. The van der Waals surface area contributed by atoms with Crippen LogP contribution >= 0.6 is 0 Å². The smallest absolute Gasteiger partial charge is 0.410 e. The summed E-state index contributed by atoms with van der Waals surface area (Å²) in [5, 5.41) is 3.64. The summed E-state index contributed by atoms with van der Waals surface area (Å²) in [4.78, 5) is 25.1. The third-order valence-corrected chi connectivity index (χ3v) is 3.30. The van der Waals surface area contributed by atoms with Gasteiger partial charge in [-0.05, 0) is 38.8 Å². The first-order valence-corrected chi connectivity index (χ1v) is 7.47. The van der Waals surface area contributed by atoms with E-state index >= 15 is 0 Å². The van der Waals surface area contributed by atoms with Gasteiger partial charge < -0.3 is 23.6 Å². The molecule has 1 aliphatic rings. The highest BCUT2D eigenvalue weighted by atomic mass is 16.6. The number of rotatable bonds is 4. The number of methoxy groups -OCH3 is 1. The summed E-state index contributed by atoms with van der Waals surface area (Å²) in [6.07, 6.45) is 1.36. The van der Waals surface area contributed by atoms with E-state index in [9.17, 15) is 9.59 Å². The molecule has 0 bridgehead atoms. The Balaban J connectivity index is 1.90. The summed E-state index contributed by atoms with van der Waals surface area (Å²) in [5.41, 5.74) is -0.535. The number of aromatic nitrogens is 1. The van der Waals surface area contributed by atoms with Crippen LogP contribution in [0.2, 0.25) is 0 Å². The lowest BCUT2D eigenvalue weighted by atomic mass is 10.2. The van der Waals surface area contributed by atoms with Crippen LogP contribution in [0.5, 0.6) is 5.88 Å². The third kappa shape index (κ3) is 4.61. The molecule has 1 atom stereocenters. The van der Waals surface area contributed by atoms with E-state index < -0.39 is 11.6 Å². The Labute approximate surface area is 134 Å². The second-order valence-corrected chi connectivity index (χ2v) is 6.30. The Bertz CT molecular complexity index is 563. The summed E-state index contributed by atoms with van der Waals surface area (Å²) >= 11 is 0. The van der Waals surface area contributed by atoms with Gasteiger partial charge in [0.2, 0.25) is 5.76 Å². The Kier molecular flexibility index (Phi) is 5.12. The molecule has 1 fully saturated rings. The van der Waals surface area contributed by atoms with Gasteiger partial charge in [-0.1, -0.05) is 0 Å². The Morgan fingerprint density at radius 2 is 2.17 bits per heavy atom. The fourth-order valence-corrected chi connectivity index (χ4v) is 2.28. The van der Waals surface area contributed by atoms with Crippen molar-refractivity contribution in [2.45, 2.75) is 45.3 Å². The van der Waals surface area contributed by atoms with Crippen molar-refractivity contribution in [1.82, 2.24) is 10.1 Å². The SMILES string of the molecule is COC(=O)c1cc(OCC2CCCN2C(=O)OC(C)(C)C)no1. The van der Waals surface area contributed by atoms with Crippen LogP contribution in [0.3, 0.4) is 0 Å². The zero-order valence-electron chi connectivity index (χ0n) is 13.8. The molecule has 1 saturated heterocycles. The number of carbonyl (C=O) groups is 2. The largest absolute Gasteiger partial charge is 0.473 e. The molecule has 0 radical (unpaired) electrons. The van der Waals surface area contributed by atoms with E-state index in [0.717, 1.165) is 12.8 Å². The second kappa shape index (κ2) is 6.89. The van der Waals surface area contributed by atoms with Gasteiger partial charge in [0.25, 0.3) is 5.88 Å². The van der Waals surface area contributed by atoms with Gasteiger partial charge in [-0.2, -0.15) is 0 Å². The number of amides is 1. The molecule has 0 N–H and O–H groups in total. The van der Waals surface area contributed by atoms with Crippen molar-refractivity contribution >= 4 is 12.1 Å². The van der Waals surface area contributed by atoms with Crippen molar-refractivity contribution in [2.24, 2.45) is 0 Å². The van der Waals surface area contributed by atoms with Crippen LogP contribution in [-0.4, -0.2) is 54.0 Å². The quantitative estimate of drug-likeness (QED) is 0.784. The first-order valence-electron chi connectivity index (χ1n) is 7.47. The van der Waals surface area contributed by atoms with Gasteiger partial charge in [0.15, 0.2) is 0 Å². The van der Waals surface area contributed by atoms with Crippen LogP contribution in [0, 0.1) is 0 Å². The van der Waals surface area contributed by atoms with Crippen LogP contribution in [0.4, 0.5) is 4.79 Å². The maximum absolute atomic E-state index is 12.2. The molecule has 8 heteroatoms. The Morgan fingerprint density at radius 3 is 2.83 bits per heavy atom. The monoisotopic (exact) mass is 326 g/mol. The van der Waals surface area contributed by atoms with Crippen LogP contribution < -0.4 is 4.74 Å². The topological polar surface area (TPSA) is 91.1 Å². The highest BCUT2D eigenvalue weighted by Crippen LogP contribution is 2.22. The number of likely N-dealkylation sites (tertiary alicyclic amines) is 1. The molecule has 1 amide bonds. The van der Waals surface area contributed by atoms with Crippen molar-refractivity contribution in [3.63, 3.8) is 0 Å². The normalized spacial score (nSPS) is 17.9. The third-order valence-electron chi connectivity index (χ3n) is 3.30. The maximum Gasteiger partial charge on any atom is 0.410 e. The molecule has 1 aromatic heterocycles. The van der Waals surface area contributed by atoms with Crippen LogP contribution in [0.1, 0.15) is 44.2 Å². The number of esters is 1. The van der Waals surface area contributed by atoms with Crippen molar-refractivity contribution in [3.05, 3.63) is 11.8 Å². The molecule has 1 aliphatic heterocycles. The highest BCUT2D eigenvalue weighted by Gasteiger charge is 2.32. The molecule has 8 nitrogen and oxygen atoms in total. The molecule has 2 rings (SSSR count). The summed E-state index contributed by atoms with van der Waals surface area (Å²) in [7, 11) is 1.25. The number of ether oxygens (including phenoxy) is 3. The van der Waals surface area contributed by atoms with Gasteiger partial charge in [-0.15, -0.1) is 0 Å². The summed E-state index contributed by atoms with van der Waals surface area (Å²) in [6, 6.07) is 1.27. The molecule has 0 spiro atoms. The van der Waals surface area contributed by atoms with Gasteiger partial charge in [-0.25, -0.2) is 9.59 Å². The van der Waals surface area contributed by atoms with E-state index in [2.05, 4.69) is 9.89 Å². The predicted molar refractivity (Wildman–Crippen MR) is 79.3 cm³/mol. The van der Waals surface area contributed by atoms with E-state index in [-0.39, 0.29) is 30.4 Å². The zero-order chi connectivity index (χ0) is 17.0. The second-order valence-electron chi connectivity index (χ2n) is 6.30. The standard InChI is InChI=1S/C15H22N2O6/c1-15(2,3)22-14(19)17-7-5-6-10(17)9-21-12-8-11(23-16-12)13(18)20-4/h8,10H,5-7,9H2,1-4H3. The fraction of sp³-hybridized carbons (Fsp3) is 0.667. The Morgan fingerprint density at radius 1 is 1.43 bits per heavy atom. The van der Waals surface area contributed by atoms with Gasteiger partial charge in [0.1, 0.15) is 12.2 Å².